The number of pyridine rings is 1. The maximum absolute atomic E-state index is 11.4. The van der Waals surface area contributed by atoms with E-state index in [-0.39, 0.29) is 17.0 Å². The van der Waals surface area contributed by atoms with Crippen LogP contribution >= 0.6 is 23.2 Å². The molecule has 0 aliphatic rings. The minimum atomic E-state index is -1.16. The number of nitrogens with zero attached hydrogens (tertiary/aromatic N) is 1. The molecule has 1 aromatic heterocycles. The van der Waals surface area contributed by atoms with Gasteiger partial charge in [0.05, 0.1) is 18.9 Å². The van der Waals surface area contributed by atoms with E-state index in [2.05, 4.69) is 4.98 Å². The van der Waals surface area contributed by atoms with Crippen LogP contribution in [-0.4, -0.2) is 23.2 Å². The molecule has 0 saturated carbocycles. The molecule has 0 amide bonds. The zero-order valence-electron chi connectivity index (χ0n) is 12.3. The lowest BCUT2D eigenvalue weighted by atomic mass is 10.1. The van der Waals surface area contributed by atoms with Crippen molar-refractivity contribution in [3.05, 3.63) is 57.9 Å². The van der Waals surface area contributed by atoms with Gasteiger partial charge in [-0.05, 0) is 31.2 Å². The predicted octanol–water partition coefficient (Wildman–Crippen LogP) is 4.56. The molecular weight excluding hydrogens is 341 g/mol. The Balaban J connectivity index is 2.50. The van der Waals surface area contributed by atoms with Crippen molar-refractivity contribution < 1.29 is 19.4 Å². The maximum Gasteiger partial charge on any atom is 0.339 e. The molecule has 0 fully saturated rings. The first kappa shape index (κ1) is 17.1. The van der Waals surface area contributed by atoms with E-state index in [4.69, 9.17) is 32.7 Å². The summed E-state index contributed by atoms with van der Waals surface area (Å²) in [7, 11) is 1.36. The van der Waals surface area contributed by atoms with Crippen LogP contribution < -0.4 is 4.74 Å². The lowest BCUT2D eigenvalue weighted by Crippen LogP contribution is -2.03. The fourth-order valence-electron chi connectivity index (χ4n) is 1.86. The Morgan fingerprint density at radius 1 is 1.35 bits per heavy atom. The van der Waals surface area contributed by atoms with Crippen LogP contribution in [0.15, 0.2) is 36.7 Å². The molecule has 0 spiro atoms. The van der Waals surface area contributed by atoms with Crippen molar-refractivity contribution >= 4 is 34.7 Å². The largest absolute Gasteiger partial charge is 0.503 e. The van der Waals surface area contributed by atoms with E-state index in [1.54, 1.807) is 31.2 Å². The predicted molar refractivity (Wildman–Crippen MR) is 88.1 cm³/mol. The summed E-state index contributed by atoms with van der Waals surface area (Å²) in [6, 6.07) is 6.36. The summed E-state index contributed by atoms with van der Waals surface area (Å²) in [5.41, 5.74) is 0.860. The molecule has 1 heterocycles. The monoisotopic (exact) mass is 353 g/mol. The second-order valence-electron chi connectivity index (χ2n) is 4.54. The van der Waals surface area contributed by atoms with Crippen LogP contribution in [0.1, 0.15) is 11.1 Å². The number of carbonyl (C=O) groups is 1. The van der Waals surface area contributed by atoms with E-state index in [1.807, 2.05) is 0 Å². The van der Waals surface area contributed by atoms with Gasteiger partial charge in [-0.25, -0.2) is 9.78 Å². The molecule has 2 rings (SSSR count). The highest BCUT2D eigenvalue weighted by atomic mass is 35.5. The number of carboxylic acid groups (broad SMARTS) is 1. The third-order valence-electron chi connectivity index (χ3n) is 3.00. The highest BCUT2D eigenvalue weighted by Crippen LogP contribution is 2.35. The van der Waals surface area contributed by atoms with Crippen molar-refractivity contribution in [2.75, 3.05) is 7.11 Å². The van der Waals surface area contributed by atoms with Crippen LogP contribution in [0.5, 0.6) is 11.6 Å². The molecule has 0 saturated heterocycles. The highest BCUT2D eigenvalue weighted by molar-refractivity contribution is 6.35. The number of aliphatic carboxylic acids is 1. The standard InChI is InChI=1S/C16H13Cl2NO4/c1-9-13(18)6-10(17)7-14(9)23-15-11(4-3-5-19-15)12(8-22-2)16(20)21/h3-8H,1-2H3,(H,20,21)/b12-8+. The van der Waals surface area contributed by atoms with E-state index in [1.165, 1.54) is 13.3 Å². The Labute approximate surface area is 143 Å². The number of aromatic nitrogens is 1. The first-order valence-electron chi connectivity index (χ1n) is 6.49. The number of hydrogen-bond acceptors (Lipinski definition) is 4. The second-order valence-corrected chi connectivity index (χ2v) is 5.38. The summed E-state index contributed by atoms with van der Waals surface area (Å²) < 4.78 is 10.6. The molecule has 120 valence electrons. The SMILES string of the molecule is CO/C=C(/C(=O)O)c1cccnc1Oc1cc(Cl)cc(Cl)c1C. The number of hydrogen-bond donors (Lipinski definition) is 1. The van der Waals surface area contributed by atoms with Gasteiger partial charge in [0.1, 0.15) is 11.3 Å². The summed E-state index contributed by atoms with van der Waals surface area (Å²) >= 11 is 12.1. The first-order chi connectivity index (χ1) is 10.9. The molecule has 0 bridgehead atoms. The van der Waals surface area contributed by atoms with E-state index < -0.39 is 5.97 Å². The number of benzene rings is 1. The molecule has 0 radical (unpaired) electrons. The maximum atomic E-state index is 11.4. The Kier molecular flexibility index (Phi) is 5.47. The van der Waals surface area contributed by atoms with Gasteiger partial charge in [-0.1, -0.05) is 23.2 Å². The number of ether oxygens (including phenoxy) is 2. The van der Waals surface area contributed by atoms with Crippen molar-refractivity contribution in [3.63, 3.8) is 0 Å². The smallest absolute Gasteiger partial charge is 0.339 e. The molecule has 5 nitrogen and oxygen atoms in total. The Bertz CT molecular complexity index is 775. The molecule has 7 heteroatoms. The summed E-state index contributed by atoms with van der Waals surface area (Å²) in [4.78, 5) is 15.5. The van der Waals surface area contributed by atoms with E-state index in [0.717, 1.165) is 6.26 Å². The average Bonchev–Trinajstić information content (AvgIpc) is 2.50. The van der Waals surface area contributed by atoms with Crippen molar-refractivity contribution in [2.45, 2.75) is 6.92 Å². The van der Waals surface area contributed by atoms with Gasteiger partial charge in [0.2, 0.25) is 5.88 Å². The van der Waals surface area contributed by atoms with Gasteiger partial charge in [0.15, 0.2) is 0 Å². The minimum absolute atomic E-state index is 0.0821. The van der Waals surface area contributed by atoms with Crippen LogP contribution in [-0.2, 0) is 9.53 Å². The van der Waals surface area contributed by atoms with Crippen LogP contribution in [0.3, 0.4) is 0 Å². The Morgan fingerprint density at radius 2 is 2.09 bits per heavy atom. The van der Waals surface area contributed by atoms with Gasteiger partial charge >= 0.3 is 5.97 Å². The topological polar surface area (TPSA) is 68.7 Å². The van der Waals surface area contributed by atoms with Gasteiger partial charge in [0, 0.05) is 21.8 Å². The van der Waals surface area contributed by atoms with E-state index in [9.17, 15) is 9.90 Å². The molecular formula is C16H13Cl2NO4. The molecule has 0 aliphatic heterocycles. The fourth-order valence-corrected chi connectivity index (χ4v) is 2.33. The van der Waals surface area contributed by atoms with Crippen molar-refractivity contribution in [1.82, 2.24) is 4.98 Å². The van der Waals surface area contributed by atoms with E-state index >= 15 is 0 Å². The normalized spacial score (nSPS) is 11.2. The average molecular weight is 354 g/mol. The summed E-state index contributed by atoms with van der Waals surface area (Å²) in [5.74, 6) is -0.658. The molecule has 0 atom stereocenters. The third-order valence-corrected chi connectivity index (χ3v) is 3.61. The van der Waals surface area contributed by atoms with Gasteiger partial charge in [-0.2, -0.15) is 0 Å². The van der Waals surface area contributed by atoms with Crippen LogP contribution in [0.2, 0.25) is 10.0 Å². The number of methoxy groups -OCH3 is 1. The number of rotatable bonds is 5. The third kappa shape index (κ3) is 3.94. The molecule has 2 aromatic rings. The summed E-state index contributed by atoms with van der Waals surface area (Å²) in [6.07, 6.45) is 2.61. The second kappa shape index (κ2) is 7.35. The number of halogens is 2. The molecule has 0 unspecified atom stereocenters. The fraction of sp³-hybridized carbons (Fsp3) is 0.125. The summed E-state index contributed by atoms with van der Waals surface area (Å²) in [6.45, 7) is 1.76. The van der Waals surface area contributed by atoms with Crippen molar-refractivity contribution in [3.8, 4) is 11.6 Å². The molecule has 23 heavy (non-hydrogen) atoms. The zero-order valence-corrected chi connectivity index (χ0v) is 13.9. The van der Waals surface area contributed by atoms with Crippen molar-refractivity contribution in [2.24, 2.45) is 0 Å². The van der Waals surface area contributed by atoms with Crippen LogP contribution in [0, 0.1) is 6.92 Å². The lowest BCUT2D eigenvalue weighted by molar-refractivity contribution is -0.130. The summed E-state index contributed by atoms with van der Waals surface area (Å²) in [5, 5.41) is 10.2. The molecule has 1 N–H and O–H groups in total. The first-order valence-corrected chi connectivity index (χ1v) is 7.24. The van der Waals surface area contributed by atoms with E-state index in [0.29, 0.717) is 21.4 Å². The highest BCUT2D eigenvalue weighted by Gasteiger charge is 2.18. The minimum Gasteiger partial charge on any atom is -0.503 e. The van der Waals surface area contributed by atoms with Gasteiger partial charge in [-0.3, -0.25) is 0 Å². The van der Waals surface area contributed by atoms with Crippen LogP contribution in [0.25, 0.3) is 5.57 Å². The lowest BCUT2D eigenvalue weighted by Gasteiger charge is -2.13. The quantitative estimate of drug-likeness (QED) is 0.630. The van der Waals surface area contributed by atoms with Gasteiger partial charge in [-0.15, -0.1) is 0 Å². The number of carboxylic acids is 1. The molecule has 1 aromatic carbocycles. The van der Waals surface area contributed by atoms with Crippen LogP contribution in [0.4, 0.5) is 0 Å². The van der Waals surface area contributed by atoms with Crippen molar-refractivity contribution in [1.29, 1.82) is 0 Å². The Morgan fingerprint density at radius 3 is 2.74 bits per heavy atom. The zero-order chi connectivity index (χ0) is 17.0. The Hall–Kier alpha value is -2.24. The molecule has 0 aliphatic carbocycles. The van der Waals surface area contributed by atoms with Gasteiger partial charge < -0.3 is 14.6 Å². The van der Waals surface area contributed by atoms with Gasteiger partial charge in [0.25, 0.3) is 0 Å².